The maximum absolute atomic E-state index is 7.94. The number of para-hydroxylation sites is 2. The van der Waals surface area contributed by atoms with E-state index < -0.39 is 0 Å². The number of rotatable bonds is 2. The molecule has 0 bridgehead atoms. The molecule has 0 spiro atoms. The number of nitrogens with zero attached hydrogens (tertiary/aromatic N) is 1. The normalized spacial score (nSPS) is 14.1. The topological polar surface area (TPSA) is 28.8 Å². The molecule has 1 heterocycles. The monoisotopic (exact) mass is 386 g/mol. The van der Waals surface area contributed by atoms with Gasteiger partial charge in [0, 0.05) is 28.0 Å². The van der Waals surface area contributed by atoms with Gasteiger partial charge < -0.3 is 9.98 Å². The van der Waals surface area contributed by atoms with Crippen LogP contribution >= 0.6 is 0 Å². The van der Waals surface area contributed by atoms with Crippen molar-refractivity contribution in [2.45, 2.75) is 19.3 Å². The van der Waals surface area contributed by atoms with Crippen molar-refractivity contribution in [2.24, 2.45) is 0 Å². The van der Waals surface area contributed by atoms with Gasteiger partial charge in [0.15, 0.2) is 0 Å². The van der Waals surface area contributed by atoms with Crippen molar-refractivity contribution in [3.63, 3.8) is 0 Å². The fourth-order valence-electron chi connectivity index (χ4n) is 5.24. The summed E-state index contributed by atoms with van der Waals surface area (Å²) < 4.78 is 2.32. The highest BCUT2D eigenvalue weighted by Gasteiger charge is 2.36. The molecule has 1 aliphatic rings. The third-order valence-electron chi connectivity index (χ3n) is 6.71. The number of aromatic nitrogens is 1. The third-order valence-corrected chi connectivity index (χ3v) is 6.71. The summed E-state index contributed by atoms with van der Waals surface area (Å²) >= 11 is 0. The van der Waals surface area contributed by atoms with E-state index in [-0.39, 0.29) is 5.41 Å². The van der Waals surface area contributed by atoms with E-state index in [1.54, 1.807) is 0 Å². The van der Waals surface area contributed by atoms with Crippen LogP contribution in [0.25, 0.3) is 38.6 Å². The van der Waals surface area contributed by atoms with Crippen molar-refractivity contribution in [3.05, 3.63) is 102 Å². The van der Waals surface area contributed by atoms with E-state index >= 15 is 0 Å². The second-order valence-corrected chi connectivity index (χ2v) is 8.64. The van der Waals surface area contributed by atoms with Crippen LogP contribution in [-0.4, -0.2) is 10.8 Å². The van der Waals surface area contributed by atoms with Gasteiger partial charge in [-0.3, -0.25) is 0 Å². The first kappa shape index (κ1) is 17.2. The molecule has 0 amide bonds. The van der Waals surface area contributed by atoms with E-state index in [0.717, 1.165) is 11.3 Å². The van der Waals surface area contributed by atoms with Crippen LogP contribution in [0.2, 0.25) is 0 Å². The fraction of sp³-hybridized carbons (Fsp3) is 0.107. The number of hydrogen-bond acceptors (Lipinski definition) is 1. The smallest absolute Gasteiger partial charge is 0.0549 e. The van der Waals surface area contributed by atoms with E-state index in [9.17, 15) is 0 Å². The van der Waals surface area contributed by atoms with Crippen LogP contribution in [0, 0.1) is 5.41 Å². The van der Waals surface area contributed by atoms with Gasteiger partial charge in [-0.15, -0.1) is 0 Å². The predicted octanol–water partition coefficient (Wildman–Crippen LogP) is 7.09. The highest BCUT2D eigenvalue weighted by molar-refractivity contribution is 6.12. The van der Waals surface area contributed by atoms with Gasteiger partial charge >= 0.3 is 0 Å². The molecule has 0 atom stereocenters. The molecule has 1 aliphatic carbocycles. The summed E-state index contributed by atoms with van der Waals surface area (Å²) in [5.74, 6) is 0. The highest BCUT2D eigenvalue weighted by atomic mass is 15.0. The second-order valence-electron chi connectivity index (χ2n) is 8.64. The van der Waals surface area contributed by atoms with Crippen molar-refractivity contribution in [1.82, 2.24) is 4.57 Å². The van der Waals surface area contributed by atoms with E-state index in [4.69, 9.17) is 5.41 Å². The lowest BCUT2D eigenvalue weighted by atomic mass is 9.82. The summed E-state index contributed by atoms with van der Waals surface area (Å²) in [6.07, 6.45) is 1.45. The van der Waals surface area contributed by atoms with Crippen LogP contribution < -0.4 is 0 Å². The second kappa shape index (κ2) is 5.93. The predicted molar refractivity (Wildman–Crippen MR) is 126 cm³/mol. The lowest BCUT2D eigenvalue weighted by molar-refractivity contribution is 0.661. The van der Waals surface area contributed by atoms with Gasteiger partial charge in [-0.25, -0.2) is 0 Å². The lowest BCUT2D eigenvalue weighted by Gasteiger charge is -2.21. The van der Waals surface area contributed by atoms with Crippen molar-refractivity contribution >= 4 is 28.0 Å². The molecule has 0 unspecified atom stereocenters. The maximum Gasteiger partial charge on any atom is 0.0549 e. The SMILES string of the molecule is CC1(C)c2ccccc2-c2cc3c4ccccc4n(-c4ccccc4C=N)c3cc21. The van der Waals surface area contributed by atoms with Crippen LogP contribution in [-0.2, 0) is 5.41 Å². The van der Waals surface area contributed by atoms with Gasteiger partial charge in [0.2, 0.25) is 0 Å². The molecular weight excluding hydrogens is 364 g/mol. The minimum atomic E-state index is -0.0392. The summed E-state index contributed by atoms with van der Waals surface area (Å²) in [6.45, 7) is 4.64. The Kier molecular flexibility index (Phi) is 3.41. The first-order valence-corrected chi connectivity index (χ1v) is 10.4. The highest BCUT2D eigenvalue weighted by Crippen LogP contribution is 2.50. The Bertz CT molecular complexity index is 1480. The minimum absolute atomic E-state index is 0.0392. The summed E-state index contributed by atoms with van der Waals surface area (Å²) in [5.41, 5.74) is 9.75. The molecule has 0 saturated heterocycles. The maximum atomic E-state index is 7.94. The average Bonchev–Trinajstić information content (AvgIpc) is 3.22. The van der Waals surface area contributed by atoms with E-state index in [0.29, 0.717) is 0 Å². The summed E-state index contributed by atoms with van der Waals surface area (Å²) in [6, 6.07) is 30.3. The minimum Gasteiger partial charge on any atom is -0.309 e. The average molecular weight is 386 g/mol. The first-order chi connectivity index (χ1) is 14.6. The Hall–Kier alpha value is -3.65. The largest absolute Gasteiger partial charge is 0.309 e. The zero-order chi connectivity index (χ0) is 20.5. The molecule has 144 valence electrons. The molecule has 0 saturated carbocycles. The molecule has 0 aliphatic heterocycles. The van der Waals surface area contributed by atoms with E-state index in [1.165, 1.54) is 50.3 Å². The fourth-order valence-corrected chi connectivity index (χ4v) is 5.24. The van der Waals surface area contributed by atoms with Crippen molar-refractivity contribution < 1.29 is 0 Å². The van der Waals surface area contributed by atoms with Crippen molar-refractivity contribution in [3.8, 4) is 16.8 Å². The summed E-state index contributed by atoms with van der Waals surface area (Å²) in [5, 5.41) is 10.4. The Morgan fingerprint density at radius 1 is 0.700 bits per heavy atom. The van der Waals surface area contributed by atoms with Gasteiger partial charge in [0.25, 0.3) is 0 Å². The zero-order valence-corrected chi connectivity index (χ0v) is 17.1. The Morgan fingerprint density at radius 3 is 2.30 bits per heavy atom. The summed E-state index contributed by atoms with van der Waals surface area (Å²) in [7, 11) is 0. The lowest BCUT2D eigenvalue weighted by Crippen LogP contribution is -2.15. The van der Waals surface area contributed by atoms with Crippen LogP contribution in [0.5, 0.6) is 0 Å². The molecule has 30 heavy (non-hydrogen) atoms. The zero-order valence-electron chi connectivity index (χ0n) is 17.1. The molecule has 0 fully saturated rings. The van der Waals surface area contributed by atoms with Crippen LogP contribution in [0.1, 0.15) is 30.5 Å². The molecule has 2 heteroatoms. The van der Waals surface area contributed by atoms with Gasteiger partial charge in [-0.1, -0.05) is 74.5 Å². The molecule has 6 rings (SSSR count). The van der Waals surface area contributed by atoms with E-state index in [1.807, 2.05) is 12.1 Å². The number of fused-ring (bicyclic) bond motifs is 6. The van der Waals surface area contributed by atoms with Crippen LogP contribution in [0.3, 0.4) is 0 Å². The van der Waals surface area contributed by atoms with Gasteiger partial charge in [0.05, 0.1) is 16.7 Å². The Labute approximate surface area is 175 Å². The molecule has 1 N–H and O–H groups in total. The number of hydrogen-bond donors (Lipinski definition) is 1. The quantitative estimate of drug-likeness (QED) is 0.314. The molecular formula is C28H22N2. The van der Waals surface area contributed by atoms with E-state index in [2.05, 4.69) is 91.2 Å². The molecule has 1 aromatic heterocycles. The van der Waals surface area contributed by atoms with Crippen molar-refractivity contribution in [1.29, 1.82) is 5.41 Å². The third kappa shape index (κ3) is 2.11. The molecule has 4 aromatic carbocycles. The van der Waals surface area contributed by atoms with Crippen LogP contribution in [0.15, 0.2) is 84.9 Å². The van der Waals surface area contributed by atoms with Gasteiger partial charge in [0.1, 0.15) is 0 Å². The molecule has 5 aromatic rings. The number of nitrogens with one attached hydrogen (secondary N) is 1. The standard InChI is InChI=1S/C28H22N2/c1-28(2)23-12-6-4-10-19(23)21-15-22-20-11-5-8-14-26(20)30(27(22)16-24(21)28)25-13-7-3-9-18(25)17-29/h3-17,29H,1-2H3. The molecule has 0 radical (unpaired) electrons. The first-order valence-electron chi connectivity index (χ1n) is 10.4. The number of benzene rings is 4. The van der Waals surface area contributed by atoms with Crippen molar-refractivity contribution in [2.75, 3.05) is 0 Å². The van der Waals surface area contributed by atoms with Gasteiger partial charge in [-0.05, 0) is 46.5 Å². The molecule has 2 nitrogen and oxygen atoms in total. The van der Waals surface area contributed by atoms with Crippen LogP contribution in [0.4, 0.5) is 0 Å². The Balaban J connectivity index is 1.79. The Morgan fingerprint density at radius 2 is 1.43 bits per heavy atom. The van der Waals surface area contributed by atoms with Gasteiger partial charge in [-0.2, -0.15) is 0 Å². The summed E-state index contributed by atoms with van der Waals surface area (Å²) in [4.78, 5) is 0.